The van der Waals surface area contributed by atoms with Crippen LogP contribution >= 0.6 is 11.6 Å². The zero-order valence-electron chi connectivity index (χ0n) is 13.2. The Morgan fingerprint density at radius 2 is 2.14 bits per heavy atom. The van der Waals surface area contributed by atoms with Crippen LogP contribution in [0, 0.1) is 0 Å². The van der Waals surface area contributed by atoms with Gasteiger partial charge in [-0.1, -0.05) is 0 Å². The number of hydrogen-bond acceptors (Lipinski definition) is 6. The van der Waals surface area contributed by atoms with Gasteiger partial charge in [-0.25, -0.2) is 9.97 Å². The first-order chi connectivity index (χ1) is 10.3. The minimum atomic E-state index is -0.515. The van der Waals surface area contributed by atoms with Crippen LogP contribution in [-0.2, 0) is 20.7 Å². The fraction of sp³-hybridized carbons (Fsp3) is 0.667. The Morgan fingerprint density at radius 3 is 2.77 bits per heavy atom. The third kappa shape index (κ3) is 5.42. The molecular weight excluding hydrogens is 306 g/mol. The molecule has 2 heterocycles. The van der Waals surface area contributed by atoms with Crippen LogP contribution in [0.5, 0.6) is 0 Å². The maximum absolute atomic E-state index is 12.0. The number of rotatable bonds is 4. The monoisotopic (exact) mass is 327 g/mol. The minimum absolute atomic E-state index is 0.111. The Balaban J connectivity index is 2.08. The number of nitrogens with zero attached hydrogens (tertiary/aromatic N) is 2. The molecule has 0 spiro atoms. The van der Waals surface area contributed by atoms with Crippen LogP contribution < -0.4 is 5.32 Å². The largest absolute Gasteiger partial charge is 0.460 e. The maximum Gasteiger partial charge on any atom is 0.310 e. The molecular formula is C15H22ClN3O3. The van der Waals surface area contributed by atoms with Gasteiger partial charge in [0.05, 0.1) is 6.42 Å². The van der Waals surface area contributed by atoms with Gasteiger partial charge in [-0.2, -0.15) is 0 Å². The average Bonchev–Trinajstić information content (AvgIpc) is 2.41. The van der Waals surface area contributed by atoms with Crippen LogP contribution in [0.1, 0.15) is 39.2 Å². The second-order valence-corrected chi connectivity index (χ2v) is 6.65. The summed E-state index contributed by atoms with van der Waals surface area (Å²) in [6, 6.07) is 0.261. The molecule has 7 heteroatoms. The third-order valence-corrected chi connectivity index (χ3v) is 3.33. The number of hydrogen-bond donors (Lipinski definition) is 1. The lowest BCUT2D eigenvalue weighted by molar-refractivity contribution is -0.153. The molecule has 1 aromatic heterocycles. The smallest absolute Gasteiger partial charge is 0.310 e. The second kappa shape index (κ2) is 7.24. The fourth-order valence-corrected chi connectivity index (χ4v) is 2.34. The van der Waals surface area contributed by atoms with Crippen molar-refractivity contribution in [1.82, 2.24) is 9.97 Å². The van der Waals surface area contributed by atoms with Crippen LogP contribution in [0.2, 0.25) is 5.28 Å². The van der Waals surface area contributed by atoms with Crippen molar-refractivity contribution < 1.29 is 14.3 Å². The number of carbonyl (C=O) groups excluding carboxylic acids is 1. The molecule has 0 aliphatic carbocycles. The lowest BCUT2D eigenvalue weighted by Gasteiger charge is -2.25. The van der Waals surface area contributed by atoms with Crippen molar-refractivity contribution in [2.75, 3.05) is 18.5 Å². The van der Waals surface area contributed by atoms with Crippen molar-refractivity contribution in [2.24, 2.45) is 0 Å². The molecule has 1 fully saturated rings. The van der Waals surface area contributed by atoms with Gasteiger partial charge in [0.25, 0.3) is 0 Å². The van der Waals surface area contributed by atoms with Crippen LogP contribution in [0.4, 0.5) is 5.82 Å². The molecule has 1 saturated heterocycles. The predicted octanol–water partition coefficient (Wildman–Crippen LogP) is 2.61. The molecule has 1 aliphatic heterocycles. The lowest BCUT2D eigenvalue weighted by Crippen LogP contribution is -2.29. The Bertz CT molecular complexity index is 525. The first-order valence-electron chi connectivity index (χ1n) is 7.41. The number of esters is 1. The van der Waals surface area contributed by atoms with Crippen molar-refractivity contribution in [3.63, 3.8) is 0 Å². The Labute approximate surface area is 135 Å². The van der Waals surface area contributed by atoms with Gasteiger partial charge in [0.1, 0.15) is 11.4 Å². The van der Waals surface area contributed by atoms with Gasteiger partial charge < -0.3 is 14.8 Å². The quantitative estimate of drug-likeness (QED) is 0.677. The molecule has 0 saturated carbocycles. The van der Waals surface area contributed by atoms with Gasteiger partial charge in [-0.15, -0.1) is 0 Å². The van der Waals surface area contributed by atoms with Gasteiger partial charge in [0.2, 0.25) is 5.28 Å². The van der Waals surface area contributed by atoms with Crippen LogP contribution in [-0.4, -0.2) is 40.8 Å². The highest BCUT2D eigenvalue weighted by Gasteiger charge is 2.20. The van der Waals surface area contributed by atoms with Gasteiger partial charge in [0.15, 0.2) is 0 Å². The number of aromatic nitrogens is 2. The standard InChI is InChI=1S/C15H22ClN3O3/c1-15(2,3)22-12(20)8-10-9-17-14(16)19-13(10)18-11-4-6-21-7-5-11/h9,11H,4-8H2,1-3H3,(H,17,18,19). The molecule has 0 bridgehead atoms. The van der Waals surface area contributed by atoms with Gasteiger partial charge >= 0.3 is 5.97 Å². The topological polar surface area (TPSA) is 73.3 Å². The van der Waals surface area contributed by atoms with Crippen molar-refractivity contribution in [2.45, 2.75) is 51.7 Å². The molecule has 0 radical (unpaired) electrons. The molecule has 0 amide bonds. The van der Waals surface area contributed by atoms with Gasteiger partial charge in [-0.3, -0.25) is 4.79 Å². The Hall–Kier alpha value is -1.40. The summed E-state index contributed by atoms with van der Waals surface area (Å²) in [7, 11) is 0. The molecule has 0 unspecified atom stereocenters. The molecule has 122 valence electrons. The summed E-state index contributed by atoms with van der Waals surface area (Å²) in [5.41, 5.74) is 0.170. The van der Waals surface area contributed by atoms with E-state index in [9.17, 15) is 4.79 Å². The van der Waals surface area contributed by atoms with Crippen LogP contribution in [0.25, 0.3) is 0 Å². The van der Waals surface area contributed by atoms with Gasteiger partial charge in [0, 0.05) is 31.0 Å². The zero-order chi connectivity index (χ0) is 16.2. The first-order valence-corrected chi connectivity index (χ1v) is 7.79. The third-order valence-electron chi connectivity index (χ3n) is 3.15. The van der Waals surface area contributed by atoms with Crippen molar-refractivity contribution >= 4 is 23.4 Å². The van der Waals surface area contributed by atoms with E-state index in [1.165, 1.54) is 0 Å². The average molecular weight is 328 g/mol. The number of carbonyl (C=O) groups is 1. The van der Waals surface area contributed by atoms with Crippen molar-refractivity contribution in [3.05, 3.63) is 17.0 Å². The highest BCUT2D eigenvalue weighted by atomic mass is 35.5. The summed E-state index contributed by atoms with van der Waals surface area (Å²) in [4.78, 5) is 20.2. The highest BCUT2D eigenvalue weighted by Crippen LogP contribution is 2.20. The van der Waals surface area contributed by atoms with E-state index in [1.807, 2.05) is 20.8 Å². The van der Waals surface area contributed by atoms with Gasteiger partial charge in [-0.05, 0) is 45.2 Å². The van der Waals surface area contributed by atoms with E-state index in [1.54, 1.807) is 6.20 Å². The van der Waals surface area contributed by atoms with E-state index >= 15 is 0 Å². The van der Waals surface area contributed by atoms with E-state index in [2.05, 4.69) is 15.3 Å². The molecule has 22 heavy (non-hydrogen) atoms. The second-order valence-electron chi connectivity index (χ2n) is 6.31. The SMILES string of the molecule is CC(C)(C)OC(=O)Cc1cnc(Cl)nc1NC1CCOCC1. The Kier molecular flexibility index (Phi) is 5.58. The molecule has 0 atom stereocenters. The summed E-state index contributed by atoms with van der Waals surface area (Å²) in [5, 5.41) is 3.49. The number of nitrogens with one attached hydrogen (secondary N) is 1. The summed E-state index contributed by atoms with van der Waals surface area (Å²) >= 11 is 5.87. The molecule has 2 rings (SSSR count). The van der Waals surface area contributed by atoms with Crippen molar-refractivity contribution in [1.29, 1.82) is 0 Å². The number of halogens is 1. The fourth-order valence-electron chi connectivity index (χ4n) is 2.21. The predicted molar refractivity (Wildman–Crippen MR) is 84.1 cm³/mol. The van der Waals surface area contributed by atoms with E-state index in [-0.39, 0.29) is 23.7 Å². The number of anilines is 1. The Morgan fingerprint density at radius 1 is 1.45 bits per heavy atom. The lowest BCUT2D eigenvalue weighted by atomic mass is 10.1. The molecule has 1 aliphatic rings. The minimum Gasteiger partial charge on any atom is -0.460 e. The normalized spacial score (nSPS) is 16.4. The highest BCUT2D eigenvalue weighted by molar-refractivity contribution is 6.28. The maximum atomic E-state index is 12.0. The van der Waals surface area contributed by atoms with Crippen LogP contribution in [0.15, 0.2) is 6.20 Å². The summed E-state index contributed by atoms with van der Waals surface area (Å²) < 4.78 is 10.7. The molecule has 0 aromatic carbocycles. The van der Waals surface area contributed by atoms with Crippen molar-refractivity contribution in [3.8, 4) is 0 Å². The van der Waals surface area contributed by atoms with Crippen LogP contribution in [0.3, 0.4) is 0 Å². The molecule has 1 N–H and O–H groups in total. The first kappa shape index (κ1) is 17.0. The van der Waals surface area contributed by atoms with E-state index in [0.29, 0.717) is 11.4 Å². The van der Waals surface area contributed by atoms with E-state index < -0.39 is 5.60 Å². The van der Waals surface area contributed by atoms with E-state index in [0.717, 1.165) is 26.1 Å². The molecule has 6 nitrogen and oxygen atoms in total. The summed E-state index contributed by atoms with van der Waals surface area (Å²) in [6.07, 6.45) is 3.47. The zero-order valence-corrected chi connectivity index (χ0v) is 13.9. The summed E-state index contributed by atoms with van der Waals surface area (Å²) in [5.74, 6) is 0.284. The van der Waals surface area contributed by atoms with E-state index in [4.69, 9.17) is 21.1 Å². The number of ether oxygens (including phenoxy) is 2. The molecule has 1 aromatic rings. The summed E-state index contributed by atoms with van der Waals surface area (Å²) in [6.45, 7) is 6.95.